The third-order valence-electron chi connectivity index (χ3n) is 6.58. The van der Waals surface area contributed by atoms with Crippen LogP contribution in [0, 0.1) is 32.7 Å². The van der Waals surface area contributed by atoms with Crippen molar-refractivity contribution < 1.29 is 17.2 Å². The fraction of sp³-hybridized carbons (Fsp3) is 0.273. The number of benzene rings is 3. The highest BCUT2D eigenvalue weighted by molar-refractivity contribution is 6.18. The molecule has 0 saturated carbocycles. The Balaban J connectivity index is 2.04. The Bertz CT molecular complexity index is 1920. The van der Waals surface area contributed by atoms with Crippen LogP contribution in [0.15, 0.2) is 65.1 Å². The number of hydrogen-bond acceptors (Lipinski definition) is 1. The molecule has 0 amide bonds. The molecule has 2 heterocycles. The molecule has 0 atom stereocenters. The number of nitrogens with zero attached hydrogens (tertiary/aromatic N) is 2. The van der Waals surface area contributed by atoms with Crippen molar-refractivity contribution in [3.8, 4) is 22.4 Å². The topological polar surface area (TPSA) is 21.4 Å². The number of pyridine rings is 1. The molecule has 3 nitrogen and oxygen atoms in total. The van der Waals surface area contributed by atoms with E-state index < -0.39 is 18.6 Å². The molecule has 0 N–H and O–H groups in total. The Kier molecular flexibility index (Phi) is 4.21. The lowest BCUT2D eigenvalue weighted by atomic mass is 9.85. The Morgan fingerprint density at radius 2 is 1.83 bits per heavy atom. The molecule has 0 spiro atoms. The van der Waals surface area contributed by atoms with Gasteiger partial charge in [0, 0.05) is 36.2 Å². The number of furan rings is 1. The standard InChI is InChI=1S/C33H33N2O/c1-20-17-26(23-13-10-9-11-14-23)30-25-15-12-16-27(34-7)31(25)36-32(30)29(20)28-18-24(19-33(4,5)6)21(2)22(3)35(28)8/h9-18H,19H2,1-6,8H3/q+1/i2D3,18D,19D2. The summed E-state index contributed by atoms with van der Waals surface area (Å²) < 4.78 is 61.0. The summed E-state index contributed by atoms with van der Waals surface area (Å²) in [7, 11) is 1.71. The molecule has 0 radical (unpaired) electrons. The zero-order valence-corrected chi connectivity index (χ0v) is 21.5. The maximum atomic E-state index is 9.48. The highest BCUT2D eigenvalue weighted by Crippen LogP contribution is 2.45. The molecule has 0 aliphatic rings. The van der Waals surface area contributed by atoms with Gasteiger partial charge < -0.3 is 4.42 Å². The fourth-order valence-corrected chi connectivity index (χ4v) is 4.80. The van der Waals surface area contributed by atoms with Gasteiger partial charge in [-0.3, -0.25) is 0 Å². The second kappa shape index (κ2) is 8.64. The van der Waals surface area contributed by atoms with Gasteiger partial charge in [-0.2, -0.15) is 4.57 Å². The maximum absolute atomic E-state index is 9.48. The van der Waals surface area contributed by atoms with Gasteiger partial charge in [-0.1, -0.05) is 69.3 Å². The molecule has 36 heavy (non-hydrogen) atoms. The minimum absolute atomic E-state index is 0.141. The first-order valence-electron chi connectivity index (χ1n) is 15.0. The van der Waals surface area contributed by atoms with E-state index in [0.717, 1.165) is 27.5 Å². The summed E-state index contributed by atoms with van der Waals surface area (Å²) in [6.07, 6.45) is -2.15. The highest BCUT2D eigenvalue weighted by Gasteiger charge is 2.28. The summed E-state index contributed by atoms with van der Waals surface area (Å²) in [5.41, 5.74) is 3.88. The molecule has 0 unspecified atom stereocenters. The van der Waals surface area contributed by atoms with Crippen LogP contribution in [0.3, 0.4) is 0 Å². The Morgan fingerprint density at radius 1 is 1.08 bits per heavy atom. The molecule has 2 aromatic heterocycles. The third-order valence-corrected chi connectivity index (χ3v) is 6.58. The van der Waals surface area contributed by atoms with Crippen molar-refractivity contribution in [2.24, 2.45) is 12.5 Å². The van der Waals surface area contributed by atoms with Crippen LogP contribution in [-0.4, -0.2) is 0 Å². The number of aryl methyl sites for hydroxylation is 1. The average molecular weight is 480 g/mol. The second-order valence-electron chi connectivity index (χ2n) is 10.3. The fourth-order valence-electron chi connectivity index (χ4n) is 4.80. The van der Waals surface area contributed by atoms with Gasteiger partial charge in [-0.05, 0) is 53.9 Å². The summed E-state index contributed by atoms with van der Waals surface area (Å²) in [5, 5.41) is 1.54. The zero-order valence-electron chi connectivity index (χ0n) is 27.5. The van der Waals surface area contributed by atoms with Crippen molar-refractivity contribution in [2.45, 2.75) is 47.8 Å². The monoisotopic (exact) mass is 479 g/mol. The average Bonchev–Trinajstić information content (AvgIpc) is 3.30. The first kappa shape index (κ1) is 17.5. The number of rotatable bonds is 3. The third kappa shape index (κ3) is 3.88. The largest absolute Gasteiger partial charge is 0.466 e. The smallest absolute Gasteiger partial charge is 0.229 e. The first-order chi connectivity index (χ1) is 19.5. The number of aromatic nitrogens is 1. The van der Waals surface area contributed by atoms with Gasteiger partial charge in [0.05, 0.1) is 13.5 Å². The zero-order chi connectivity index (χ0) is 30.9. The lowest BCUT2D eigenvalue weighted by Crippen LogP contribution is -2.36. The van der Waals surface area contributed by atoms with E-state index in [9.17, 15) is 1.37 Å². The number of fused-ring (bicyclic) bond motifs is 3. The van der Waals surface area contributed by atoms with Crippen LogP contribution in [0.25, 0.3) is 49.2 Å². The van der Waals surface area contributed by atoms with E-state index in [1.54, 1.807) is 45.4 Å². The summed E-state index contributed by atoms with van der Waals surface area (Å²) in [4.78, 5) is 3.68. The molecule has 180 valence electrons. The van der Waals surface area contributed by atoms with Gasteiger partial charge >= 0.3 is 0 Å². The normalized spacial score (nSPS) is 15.0. The minimum atomic E-state index is -2.64. The van der Waals surface area contributed by atoms with Crippen LogP contribution in [-0.2, 0) is 13.4 Å². The van der Waals surface area contributed by atoms with E-state index in [1.807, 2.05) is 55.5 Å². The van der Waals surface area contributed by atoms with E-state index in [0.29, 0.717) is 33.8 Å². The molecule has 0 aliphatic heterocycles. The lowest BCUT2D eigenvalue weighted by molar-refractivity contribution is -0.667. The van der Waals surface area contributed by atoms with Crippen LogP contribution in [0.1, 0.15) is 51.4 Å². The van der Waals surface area contributed by atoms with Crippen molar-refractivity contribution in [2.75, 3.05) is 0 Å². The van der Waals surface area contributed by atoms with Crippen LogP contribution in [0.2, 0.25) is 0 Å². The molecule has 3 aromatic carbocycles. The number of para-hydroxylation sites is 1. The summed E-state index contributed by atoms with van der Waals surface area (Å²) >= 11 is 0. The van der Waals surface area contributed by atoms with Crippen molar-refractivity contribution in [1.82, 2.24) is 0 Å². The van der Waals surface area contributed by atoms with Crippen LogP contribution >= 0.6 is 0 Å². The molecule has 3 heteroatoms. The van der Waals surface area contributed by atoms with Gasteiger partial charge in [0.1, 0.15) is 18.2 Å². The van der Waals surface area contributed by atoms with Crippen molar-refractivity contribution >= 4 is 27.6 Å². The van der Waals surface area contributed by atoms with Gasteiger partial charge in [-0.15, -0.1) is 0 Å². The van der Waals surface area contributed by atoms with Gasteiger partial charge in [-0.25, -0.2) is 4.85 Å². The van der Waals surface area contributed by atoms with E-state index in [1.165, 1.54) is 0 Å². The Morgan fingerprint density at radius 3 is 2.50 bits per heavy atom. The predicted molar refractivity (Wildman–Crippen MR) is 149 cm³/mol. The van der Waals surface area contributed by atoms with Crippen LogP contribution in [0.5, 0.6) is 0 Å². The predicted octanol–water partition coefficient (Wildman–Crippen LogP) is 8.81. The molecule has 0 aliphatic carbocycles. The van der Waals surface area contributed by atoms with Crippen molar-refractivity contribution in [3.05, 3.63) is 94.4 Å². The van der Waals surface area contributed by atoms with Gasteiger partial charge in [0.2, 0.25) is 11.4 Å². The lowest BCUT2D eigenvalue weighted by Gasteiger charge is -2.21. The minimum Gasteiger partial charge on any atom is -0.466 e. The summed E-state index contributed by atoms with van der Waals surface area (Å²) in [5.74, 6) is 0. The van der Waals surface area contributed by atoms with Gasteiger partial charge in [0.15, 0.2) is 5.69 Å². The van der Waals surface area contributed by atoms with E-state index in [2.05, 4.69) is 4.85 Å². The van der Waals surface area contributed by atoms with Crippen molar-refractivity contribution in [3.63, 3.8) is 0 Å². The Labute approximate surface area is 222 Å². The number of hydrogen-bond donors (Lipinski definition) is 0. The van der Waals surface area contributed by atoms with Crippen LogP contribution in [0.4, 0.5) is 5.69 Å². The molecule has 5 aromatic rings. The summed E-state index contributed by atoms with van der Waals surface area (Å²) in [6.45, 7) is 13.8. The van der Waals surface area contributed by atoms with Gasteiger partial charge in [0.25, 0.3) is 0 Å². The van der Waals surface area contributed by atoms with E-state index >= 15 is 0 Å². The molecule has 0 fully saturated rings. The Hall–Kier alpha value is -3.90. The first-order valence-corrected chi connectivity index (χ1v) is 12.0. The van der Waals surface area contributed by atoms with Crippen molar-refractivity contribution in [1.29, 1.82) is 0 Å². The highest BCUT2D eigenvalue weighted by atomic mass is 16.3. The molecule has 5 rings (SSSR count). The molecular formula is C33H33N2O+. The van der Waals surface area contributed by atoms with E-state index in [4.69, 9.17) is 17.8 Å². The van der Waals surface area contributed by atoms with Crippen LogP contribution < -0.4 is 4.57 Å². The van der Waals surface area contributed by atoms with E-state index in [-0.39, 0.29) is 17.2 Å². The molecular weight excluding hydrogens is 440 g/mol. The maximum Gasteiger partial charge on any atom is 0.229 e. The molecule has 0 saturated heterocycles. The molecule has 0 bridgehead atoms. The summed E-state index contributed by atoms with van der Waals surface area (Å²) in [6, 6.07) is 17.1. The SMILES string of the molecule is [2H]c1c(C([2H])([2H])C(C)(C)C)c(C([2H])([2H])[2H])c(C)[n+](C)c1-c1c(C)cc(-c2ccccc2)c2c1oc1c([N+]#[C-])cccc12. The quantitative estimate of drug-likeness (QED) is 0.187. The second-order valence-corrected chi connectivity index (χ2v) is 10.3.